The van der Waals surface area contributed by atoms with Gasteiger partial charge in [-0.1, -0.05) is 35.9 Å². The van der Waals surface area contributed by atoms with Crippen molar-refractivity contribution in [2.75, 3.05) is 6.61 Å². The summed E-state index contributed by atoms with van der Waals surface area (Å²) < 4.78 is 8.31. The lowest BCUT2D eigenvalue weighted by atomic mass is 10.1. The van der Waals surface area contributed by atoms with Gasteiger partial charge >= 0.3 is 0 Å². The highest BCUT2D eigenvalue weighted by molar-refractivity contribution is 6.30. The van der Waals surface area contributed by atoms with Crippen LogP contribution >= 0.6 is 11.6 Å². The maximum absolute atomic E-state index is 6.06. The standard InChI is InChI=1S/C24H23ClN2O/c1-17-7-5-10-23(18(17)2)28-16-6-15-27-22-9-4-3-8-21(22)26-24(27)19-11-13-20(25)14-12-19/h3-5,7-14H,6,15-16H2,1-2H3. The van der Waals surface area contributed by atoms with E-state index in [0.29, 0.717) is 6.61 Å². The second-order valence-electron chi connectivity index (χ2n) is 6.98. The summed E-state index contributed by atoms with van der Waals surface area (Å²) in [5.74, 6) is 1.93. The van der Waals surface area contributed by atoms with Crippen molar-refractivity contribution in [1.82, 2.24) is 9.55 Å². The molecule has 4 rings (SSSR count). The Bertz CT molecular complexity index is 1100. The van der Waals surface area contributed by atoms with E-state index in [4.69, 9.17) is 21.3 Å². The van der Waals surface area contributed by atoms with Crippen molar-refractivity contribution >= 4 is 22.6 Å². The van der Waals surface area contributed by atoms with E-state index >= 15 is 0 Å². The maximum atomic E-state index is 6.06. The van der Waals surface area contributed by atoms with Gasteiger partial charge in [0.05, 0.1) is 17.6 Å². The van der Waals surface area contributed by atoms with E-state index in [1.54, 1.807) is 0 Å². The third-order valence-electron chi connectivity index (χ3n) is 5.10. The van der Waals surface area contributed by atoms with Gasteiger partial charge in [0.2, 0.25) is 0 Å². The minimum Gasteiger partial charge on any atom is -0.493 e. The molecule has 4 aromatic rings. The van der Waals surface area contributed by atoms with Crippen LogP contribution in [0.3, 0.4) is 0 Å². The topological polar surface area (TPSA) is 27.1 Å². The van der Waals surface area contributed by atoms with Crippen molar-refractivity contribution in [3.63, 3.8) is 0 Å². The van der Waals surface area contributed by atoms with Gasteiger partial charge in [-0.25, -0.2) is 4.98 Å². The van der Waals surface area contributed by atoms with E-state index in [-0.39, 0.29) is 0 Å². The minimum atomic E-state index is 0.664. The zero-order valence-corrected chi connectivity index (χ0v) is 16.9. The van der Waals surface area contributed by atoms with Crippen LogP contribution in [0.4, 0.5) is 0 Å². The van der Waals surface area contributed by atoms with E-state index < -0.39 is 0 Å². The van der Waals surface area contributed by atoms with Crippen molar-refractivity contribution in [2.24, 2.45) is 0 Å². The van der Waals surface area contributed by atoms with Gasteiger partial charge in [-0.2, -0.15) is 0 Å². The molecule has 142 valence electrons. The molecule has 0 aliphatic heterocycles. The zero-order chi connectivity index (χ0) is 19.5. The van der Waals surface area contributed by atoms with Crippen LogP contribution in [-0.4, -0.2) is 16.2 Å². The predicted octanol–water partition coefficient (Wildman–Crippen LogP) is 6.44. The summed E-state index contributed by atoms with van der Waals surface area (Å²) in [7, 11) is 0. The molecule has 0 aliphatic rings. The van der Waals surface area contributed by atoms with Crippen molar-refractivity contribution in [2.45, 2.75) is 26.8 Å². The molecule has 0 spiro atoms. The second kappa shape index (κ2) is 8.07. The third-order valence-corrected chi connectivity index (χ3v) is 5.35. The van der Waals surface area contributed by atoms with Crippen LogP contribution in [0.25, 0.3) is 22.4 Å². The number of ether oxygens (including phenoxy) is 1. The fourth-order valence-electron chi connectivity index (χ4n) is 3.41. The minimum absolute atomic E-state index is 0.664. The van der Waals surface area contributed by atoms with Crippen molar-refractivity contribution in [3.05, 3.63) is 82.9 Å². The average Bonchev–Trinajstić information content (AvgIpc) is 3.07. The molecule has 0 aliphatic carbocycles. The first-order valence-electron chi connectivity index (χ1n) is 9.54. The fourth-order valence-corrected chi connectivity index (χ4v) is 3.53. The fraction of sp³-hybridized carbons (Fsp3) is 0.208. The molecule has 28 heavy (non-hydrogen) atoms. The Morgan fingerprint density at radius 3 is 2.54 bits per heavy atom. The van der Waals surface area contributed by atoms with E-state index in [1.165, 1.54) is 11.1 Å². The highest BCUT2D eigenvalue weighted by atomic mass is 35.5. The second-order valence-corrected chi connectivity index (χ2v) is 7.42. The quantitative estimate of drug-likeness (QED) is 0.354. The summed E-state index contributed by atoms with van der Waals surface area (Å²) in [6.45, 7) is 5.71. The smallest absolute Gasteiger partial charge is 0.141 e. The molecule has 4 heteroatoms. The van der Waals surface area contributed by atoms with E-state index in [1.807, 2.05) is 42.5 Å². The maximum Gasteiger partial charge on any atom is 0.141 e. The lowest BCUT2D eigenvalue weighted by Gasteiger charge is -2.13. The summed E-state index contributed by atoms with van der Waals surface area (Å²) >= 11 is 6.06. The van der Waals surface area contributed by atoms with E-state index in [9.17, 15) is 0 Å². The first kappa shape index (κ1) is 18.6. The van der Waals surface area contributed by atoms with Crippen LogP contribution in [0.15, 0.2) is 66.7 Å². The molecule has 0 saturated carbocycles. The number of rotatable bonds is 6. The first-order valence-corrected chi connectivity index (χ1v) is 9.91. The highest BCUT2D eigenvalue weighted by Crippen LogP contribution is 2.26. The number of hydrogen-bond donors (Lipinski definition) is 0. The molecule has 3 aromatic carbocycles. The monoisotopic (exact) mass is 390 g/mol. The molecule has 0 unspecified atom stereocenters. The van der Waals surface area contributed by atoms with Crippen LogP contribution in [0.2, 0.25) is 5.02 Å². The van der Waals surface area contributed by atoms with Crippen LogP contribution in [0.1, 0.15) is 17.5 Å². The molecule has 0 saturated heterocycles. The number of imidazole rings is 1. The van der Waals surface area contributed by atoms with Gasteiger partial charge in [-0.15, -0.1) is 0 Å². The number of halogens is 1. The molecule has 0 amide bonds. The molecule has 0 N–H and O–H groups in total. The largest absolute Gasteiger partial charge is 0.493 e. The van der Waals surface area contributed by atoms with Gasteiger partial charge in [0.15, 0.2) is 0 Å². The molecular weight excluding hydrogens is 368 g/mol. The zero-order valence-electron chi connectivity index (χ0n) is 16.2. The van der Waals surface area contributed by atoms with Crippen LogP contribution in [0.5, 0.6) is 5.75 Å². The van der Waals surface area contributed by atoms with Gasteiger partial charge in [0.25, 0.3) is 0 Å². The molecule has 3 nitrogen and oxygen atoms in total. The molecule has 0 fully saturated rings. The lowest BCUT2D eigenvalue weighted by Crippen LogP contribution is -2.06. The summed E-state index contributed by atoms with van der Waals surface area (Å²) in [5.41, 5.74) is 5.67. The number of aryl methyl sites for hydroxylation is 2. The summed E-state index contributed by atoms with van der Waals surface area (Å²) in [4.78, 5) is 4.85. The third kappa shape index (κ3) is 3.76. The number of hydrogen-bond acceptors (Lipinski definition) is 2. The highest BCUT2D eigenvalue weighted by Gasteiger charge is 2.12. The molecular formula is C24H23ClN2O. The number of benzene rings is 3. The molecule has 1 heterocycles. The predicted molar refractivity (Wildman–Crippen MR) is 116 cm³/mol. The van der Waals surface area contributed by atoms with Crippen LogP contribution in [0, 0.1) is 13.8 Å². The Morgan fingerprint density at radius 1 is 0.929 bits per heavy atom. The Morgan fingerprint density at radius 2 is 1.71 bits per heavy atom. The summed E-state index contributed by atoms with van der Waals surface area (Å²) in [6.07, 6.45) is 0.897. The van der Waals surface area contributed by atoms with Crippen LogP contribution in [-0.2, 0) is 6.54 Å². The number of aromatic nitrogens is 2. The number of fused-ring (bicyclic) bond motifs is 1. The Hall–Kier alpha value is -2.78. The van der Waals surface area contributed by atoms with Gasteiger partial charge in [0.1, 0.15) is 11.6 Å². The van der Waals surface area contributed by atoms with Gasteiger partial charge < -0.3 is 9.30 Å². The normalized spacial score (nSPS) is 11.1. The van der Waals surface area contributed by atoms with E-state index in [2.05, 4.69) is 42.7 Å². The van der Waals surface area contributed by atoms with Crippen molar-refractivity contribution in [3.8, 4) is 17.1 Å². The van der Waals surface area contributed by atoms with Gasteiger partial charge in [0, 0.05) is 17.1 Å². The summed E-state index contributed by atoms with van der Waals surface area (Å²) in [5, 5.41) is 0.730. The lowest BCUT2D eigenvalue weighted by molar-refractivity contribution is 0.301. The molecule has 0 atom stereocenters. The van der Waals surface area contributed by atoms with Crippen LogP contribution < -0.4 is 4.74 Å². The first-order chi connectivity index (χ1) is 13.6. The summed E-state index contributed by atoms with van der Waals surface area (Å²) in [6, 6.07) is 22.3. The van der Waals surface area contributed by atoms with Crippen molar-refractivity contribution < 1.29 is 4.74 Å². The Kier molecular flexibility index (Phi) is 5.36. The van der Waals surface area contributed by atoms with E-state index in [0.717, 1.165) is 46.2 Å². The number of para-hydroxylation sites is 2. The Labute approximate surface area is 170 Å². The molecule has 0 radical (unpaired) electrons. The van der Waals surface area contributed by atoms with Crippen molar-refractivity contribution in [1.29, 1.82) is 0 Å². The van der Waals surface area contributed by atoms with Gasteiger partial charge in [-0.05, 0) is 73.9 Å². The average molecular weight is 391 g/mol. The SMILES string of the molecule is Cc1cccc(OCCCn2c(-c3ccc(Cl)cc3)nc3ccccc32)c1C. The molecule has 1 aromatic heterocycles. The van der Waals surface area contributed by atoms with Gasteiger partial charge in [-0.3, -0.25) is 0 Å². The molecule has 0 bridgehead atoms. The number of nitrogens with zero attached hydrogens (tertiary/aromatic N) is 2. The Balaban J connectivity index is 1.55.